The molecule has 5 heteroatoms. The molecule has 0 bridgehead atoms. The van der Waals surface area contributed by atoms with Gasteiger partial charge in [0.15, 0.2) is 0 Å². The highest BCUT2D eigenvalue weighted by atomic mass is 16.5. The van der Waals surface area contributed by atoms with Crippen LogP contribution in [0.5, 0.6) is 0 Å². The lowest BCUT2D eigenvalue weighted by atomic mass is 9.74. The Balaban J connectivity index is 1.94. The van der Waals surface area contributed by atoms with Gasteiger partial charge in [0.25, 0.3) is 0 Å². The number of esters is 1. The van der Waals surface area contributed by atoms with Crippen LogP contribution in [0.4, 0.5) is 4.79 Å². The summed E-state index contributed by atoms with van der Waals surface area (Å²) in [7, 11) is 1.36. The predicted molar refractivity (Wildman–Crippen MR) is 82.0 cm³/mol. The maximum absolute atomic E-state index is 12.0. The molecule has 1 amide bonds. The maximum atomic E-state index is 12.0. The molecule has 118 valence electrons. The number of methoxy groups -OCH3 is 1. The molecule has 0 fully saturated rings. The van der Waals surface area contributed by atoms with Crippen LogP contribution < -0.4 is 5.32 Å². The standard InChI is InChI=1S/C17H21NO4/c1-17(15(19)21-2)11-7-6-10-14(17)18-16(20)22-12-13-8-4-3-5-9-13/h3-9,14H,10-12H2,1-2H3,(H,18,20)/t14-,17-/m1/s1. The van der Waals surface area contributed by atoms with E-state index in [0.717, 1.165) is 5.56 Å². The van der Waals surface area contributed by atoms with Crippen molar-refractivity contribution in [3.05, 3.63) is 48.0 Å². The molecule has 1 aromatic carbocycles. The van der Waals surface area contributed by atoms with Gasteiger partial charge in [0.1, 0.15) is 6.61 Å². The summed E-state index contributed by atoms with van der Waals surface area (Å²) in [5.41, 5.74) is 0.145. The van der Waals surface area contributed by atoms with Crippen LogP contribution in [0.15, 0.2) is 42.5 Å². The van der Waals surface area contributed by atoms with Crippen molar-refractivity contribution in [2.75, 3.05) is 7.11 Å². The number of benzene rings is 1. The van der Waals surface area contributed by atoms with Crippen molar-refractivity contribution in [1.82, 2.24) is 5.32 Å². The van der Waals surface area contributed by atoms with Crippen LogP contribution in [0.1, 0.15) is 25.3 Å². The van der Waals surface area contributed by atoms with Crippen molar-refractivity contribution in [2.24, 2.45) is 5.41 Å². The monoisotopic (exact) mass is 303 g/mol. The first-order chi connectivity index (χ1) is 10.6. The number of hydrogen-bond donors (Lipinski definition) is 1. The van der Waals surface area contributed by atoms with Gasteiger partial charge in [-0.1, -0.05) is 42.5 Å². The summed E-state index contributed by atoms with van der Waals surface area (Å²) in [6, 6.07) is 9.10. The first-order valence-corrected chi connectivity index (χ1v) is 7.27. The van der Waals surface area contributed by atoms with E-state index in [2.05, 4.69) is 5.32 Å². The van der Waals surface area contributed by atoms with E-state index >= 15 is 0 Å². The fourth-order valence-electron chi connectivity index (χ4n) is 2.55. The predicted octanol–water partition coefficient (Wildman–Crippen LogP) is 2.81. The third-order valence-electron chi connectivity index (χ3n) is 4.01. The number of alkyl carbamates (subject to hydrolysis) is 1. The van der Waals surface area contributed by atoms with Crippen LogP contribution in [0, 0.1) is 5.41 Å². The average molecular weight is 303 g/mol. The fourth-order valence-corrected chi connectivity index (χ4v) is 2.55. The quantitative estimate of drug-likeness (QED) is 0.686. The number of nitrogens with one attached hydrogen (secondary N) is 1. The molecular formula is C17H21NO4. The molecular weight excluding hydrogens is 282 g/mol. The van der Waals surface area contributed by atoms with Gasteiger partial charge in [-0.25, -0.2) is 4.79 Å². The largest absolute Gasteiger partial charge is 0.469 e. The summed E-state index contributed by atoms with van der Waals surface area (Å²) in [4.78, 5) is 24.0. The van der Waals surface area contributed by atoms with Gasteiger partial charge in [0, 0.05) is 0 Å². The SMILES string of the molecule is COC(=O)[C@]1(C)CC=CC[C@H]1NC(=O)OCc1ccccc1. The summed E-state index contributed by atoms with van der Waals surface area (Å²) in [6.07, 6.45) is 4.46. The van der Waals surface area contributed by atoms with Crippen LogP contribution in [0.25, 0.3) is 0 Å². The zero-order chi connectivity index (χ0) is 16.0. The lowest BCUT2D eigenvalue weighted by Gasteiger charge is -2.36. The summed E-state index contributed by atoms with van der Waals surface area (Å²) in [5, 5.41) is 2.78. The Labute approximate surface area is 130 Å². The van der Waals surface area contributed by atoms with Crippen molar-refractivity contribution in [3.8, 4) is 0 Å². The van der Waals surface area contributed by atoms with Gasteiger partial charge in [-0.2, -0.15) is 0 Å². The van der Waals surface area contributed by atoms with E-state index in [1.165, 1.54) is 7.11 Å². The first kappa shape index (κ1) is 16.1. The van der Waals surface area contributed by atoms with Crippen molar-refractivity contribution in [1.29, 1.82) is 0 Å². The topological polar surface area (TPSA) is 64.6 Å². The lowest BCUT2D eigenvalue weighted by molar-refractivity contribution is -0.153. The molecule has 1 aliphatic carbocycles. The van der Waals surface area contributed by atoms with Gasteiger partial charge in [-0.15, -0.1) is 0 Å². The van der Waals surface area contributed by atoms with E-state index in [-0.39, 0.29) is 18.6 Å². The lowest BCUT2D eigenvalue weighted by Crippen LogP contribution is -2.51. The summed E-state index contributed by atoms with van der Waals surface area (Å²) < 4.78 is 10.1. The zero-order valence-corrected chi connectivity index (χ0v) is 12.9. The number of carbonyl (C=O) groups excluding carboxylic acids is 2. The molecule has 1 aliphatic rings. The Morgan fingerprint density at radius 2 is 2.00 bits per heavy atom. The average Bonchev–Trinajstić information content (AvgIpc) is 2.55. The minimum Gasteiger partial charge on any atom is -0.469 e. The van der Waals surface area contributed by atoms with Gasteiger partial charge in [0.05, 0.1) is 18.6 Å². The van der Waals surface area contributed by atoms with Crippen LogP contribution in [-0.2, 0) is 20.9 Å². The number of amides is 1. The van der Waals surface area contributed by atoms with Crippen LogP contribution in [0.2, 0.25) is 0 Å². The van der Waals surface area contributed by atoms with Crippen molar-refractivity contribution in [2.45, 2.75) is 32.4 Å². The highest BCUT2D eigenvalue weighted by Gasteiger charge is 2.43. The van der Waals surface area contributed by atoms with Crippen molar-refractivity contribution >= 4 is 12.1 Å². The Kier molecular flexibility index (Phi) is 5.20. The van der Waals surface area contributed by atoms with Gasteiger partial charge in [-0.05, 0) is 25.3 Å². The number of rotatable bonds is 4. The Morgan fingerprint density at radius 1 is 1.27 bits per heavy atom. The number of carbonyl (C=O) groups is 2. The van der Waals surface area contributed by atoms with Crippen molar-refractivity contribution < 1.29 is 19.1 Å². The smallest absolute Gasteiger partial charge is 0.407 e. The molecule has 0 saturated carbocycles. The fraction of sp³-hybridized carbons (Fsp3) is 0.412. The van der Waals surface area contributed by atoms with E-state index in [1.54, 1.807) is 6.92 Å². The number of allylic oxidation sites excluding steroid dienone is 1. The summed E-state index contributed by atoms with van der Waals surface area (Å²) in [5.74, 6) is -0.329. The second-order valence-electron chi connectivity index (χ2n) is 5.58. The van der Waals surface area contributed by atoms with E-state index in [0.29, 0.717) is 12.8 Å². The maximum Gasteiger partial charge on any atom is 0.407 e. The number of ether oxygens (including phenoxy) is 2. The molecule has 2 rings (SSSR count). The third kappa shape index (κ3) is 3.67. The minimum absolute atomic E-state index is 0.199. The van der Waals surface area contributed by atoms with Gasteiger partial charge >= 0.3 is 12.1 Å². The second kappa shape index (κ2) is 7.11. The molecule has 0 heterocycles. The highest BCUT2D eigenvalue weighted by Crippen LogP contribution is 2.34. The molecule has 2 atom stereocenters. The summed E-state index contributed by atoms with van der Waals surface area (Å²) in [6.45, 7) is 1.99. The minimum atomic E-state index is -0.769. The highest BCUT2D eigenvalue weighted by molar-refractivity contribution is 5.79. The summed E-state index contributed by atoms with van der Waals surface area (Å²) >= 11 is 0. The van der Waals surface area contributed by atoms with Gasteiger partial charge in [0.2, 0.25) is 0 Å². The Bertz CT molecular complexity index is 555. The van der Waals surface area contributed by atoms with E-state index < -0.39 is 11.5 Å². The Morgan fingerprint density at radius 3 is 2.68 bits per heavy atom. The molecule has 22 heavy (non-hydrogen) atoms. The Hall–Kier alpha value is -2.30. The number of hydrogen-bond acceptors (Lipinski definition) is 4. The zero-order valence-electron chi connectivity index (χ0n) is 12.9. The molecule has 1 aromatic rings. The molecule has 0 unspecified atom stereocenters. The molecule has 0 aromatic heterocycles. The van der Waals surface area contributed by atoms with Crippen LogP contribution in [0.3, 0.4) is 0 Å². The van der Waals surface area contributed by atoms with E-state index in [4.69, 9.17) is 9.47 Å². The van der Waals surface area contributed by atoms with Gasteiger partial charge < -0.3 is 14.8 Å². The second-order valence-corrected chi connectivity index (χ2v) is 5.58. The molecule has 0 radical (unpaired) electrons. The van der Waals surface area contributed by atoms with Gasteiger partial charge in [-0.3, -0.25) is 4.79 Å². The third-order valence-corrected chi connectivity index (χ3v) is 4.01. The van der Waals surface area contributed by atoms with Crippen LogP contribution >= 0.6 is 0 Å². The first-order valence-electron chi connectivity index (χ1n) is 7.27. The molecule has 0 spiro atoms. The molecule has 1 N–H and O–H groups in total. The van der Waals surface area contributed by atoms with Crippen molar-refractivity contribution in [3.63, 3.8) is 0 Å². The van der Waals surface area contributed by atoms with E-state index in [9.17, 15) is 9.59 Å². The normalized spacial score (nSPS) is 23.6. The molecule has 0 saturated heterocycles. The van der Waals surface area contributed by atoms with Crippen LogP contribution in [-0.4, -0.2) is 25.2 Å². The van der Waals surface area contributed by atoms with E-state index in [1.807, 2.05) is 42.5 Å². The molecule has 0 aliphatic heterocycles. The molecule has 5 nitrogen and oxygen atoms in total.